The van der Waals surface area contributed by atoms with Crippen LogP contribution in [-0.2, 0) is 0 Å². The van der Waals surface area contributed by atoms with E-state index in [2.05, 4.69) is 31.0 Å². The lowest BCUT2D eigenvalue weighted by Crippen LogP contribution is -2.08. The van der Waals surface area contributed by atoms with E-state index in [9.17, 15) is 4.39 Å². The molecule has 0 radical (unpaired) electrons. The minimum absolute atomic E-state index is 0.0140. The Labute approximate surface area is 99.6 Å². The molecule has 0 fully saturated rings. The number of hydrogen-bond donors (Lipinski definition) is 1. The van der Waals surface area contributed by atoms with Crippen molar-refractivity contribution in [1.29, 1.82) is 0 Å². The zero-order valence-electron chi connectivity index (χ0n) is 8.70. The molecule has 0 aromatic carbocycles. The molecule has 16 heavy (non-hydrogen) atoms. The van der Waals surface area contributed by atoms with Crippen molar-refractivity contribution < 1.29 is 4.39 Å². The summed E-state index contributed by atoms with van der Waals surface area (Å²) in [5.74, 6) is -0.494. The van der Waals surface area contributed by atoms with Crippen LogP contribution < -0.4 is 5.73 Å². The standard InChI is InChI=1S/C9H9BrFN5/c1-4-7(10)5(2)16(15-4)8-6(11)3-13-9(12)14-8/h3H,1-2H3,(H2,12,13,14). The highest BCUT2D eigenvalue weighted by Gasteiger charge is 2.15. The maximum absolute atomic E-state index is 13.5. The van der Waals surface area contributed by atoms with Gasteiger partial charge in [-0.3, -0.25) is 0 Å². The first-order valence-electron chi connectivity index (χ1n) is 4.51. The molecule has 0 aliphatic carbocycles. The normalized spacial score (nSPS) is 10.8. The molecule has 0 bridgehead atoms. The topological polar surface area (TPSA) is 69.6 Å². The zero-order chi connectivity index (χ0) is 11.9. The number of rotatable bonds is 1. The highest BCUT2D eigenvalue weighted by atomic mass is 79.9. The molecular weight excluding hydrogens is 277 g/mol. The summed E-state index contributed by atoms with van der Waals surface area (Å²) in [6, 6.07) is 0. The number of aryl methyl sites for hydroxylation is 1. The van der Waals surface area contributed by atoms with Gasteiger partial charge in [0.2, 0.25) is 5.95 Å². The molecule has 2 N–H and O–H groups in total. The van der Waals surface area contributed by atoms with E-state index in [0.29, 0.717) is 0 Å². The van der Waals surface area contributed by atoms with Crippen LogP contribution in [0.15, 0.2) is 10.7 Å². The van der Waals surface area contributed by atoms with Crippen molar-refractivity contribution >= 4 is 21.9 Å². The van der Waals surface area contributed by atoms with Crippen LogP contribution in [0.3, 0.4) is 0 Å². The summed E-state index contributed by atoms with van der Waals surface area (Å²) in [5.41, 5.74) is 6.94. The molecule has 84 valence electrons. The van der Waals surface area contributed by atoms with Crippen LogP contribution in [0.2, 0.25) is 0 Å². The van der Waals surface area contributed by atoms with Crippen LogP contribution in [0.1, 0.15) is 11.4 Å². The third-order valence-electron chi connectivity index (χ3n) is 2.15. The van der Waals surface area contributed by atoms with Crippen LogP contribution in [0, 0.1) is 19.7 Å². The van der Waals surface area contributed by atoms with Gasteiger partial charge in [-0.15, -0.1) is 0 Å². The lowest BCUT2D eigenvalue weighted by molar-refractivity contribution is 0.590. The molecule has 0 saturated carbocycles. The average Bonchev–Trinajstić information content (AvgIpc) is 2.50. The number of anilines is 1. The van der Waals surface area contributed by atoms with Crippen molar-refractivity contribution in [1.82, 2.24) is 19.7 Å². The second-order valence-electron chi connectivity index (χ2n) is 3.30. The van der Waals surface area contributed by atoms with Crippen molar-refractivity contribution in [3.05, 3.63) is 27.9 Å². The fraction of sp³-hybridized carbons (Fsp3) is 0.222. The second-order valence-corrected chi connectivity index (χ2v) is 4.09. The first-order valence-corrected chi connectivity index (χ1v) is 5.30. The zero-order valence-corrected chi connectivity index (χ0v) is 10.3. The molecule has 2 aromatic heterocycles. The minimum atomic E-state index is -0.563. The molecule has 0 spiro atoms. The third-order valence-corrected chi connectivity index (χ3v) is 3.30. The van der Waals surface area contributed by atoms with E-state index in [1.807, 2.05) is 13.8 Å². The number of aromatic nitrogens is 4. The molecular formula is C9H9BrFN5. The van der Waals surface area contributed by atoms with Gasteiger partial charge in [0.25, 0.3) is 0 Å². The van der Waals surface area contributed by atoms with Crippen LogP contribution >= 0.6 is 15.9 Å². The largest absolute Gasteiger partial charge is 0.368 e. The number of halogens is 2. The number of hydrogen-bond acceptors (Lipinski definition) is 4. The molecule has 0 atom stereocenters. The molecule has 2 rings (SSSR count). The predicted molar refractivity (Wildman–Crippen MR) is 60.7 cm³/mol. The average molecular weight is 286 g/mol. The Morgan fingerprint density at radius 3 is 2.69 bits per heavy atom. The SMILES string of the molecule is Cc1nn(-c2nc(N)ncc2F)c(C)c1Br. The summed E-state index contributed by atoms with van der Waals surface area (Å²) in [6.45, 7) is 3.62. The van der Waals surface area contributed by atoms with Crippen molar-refractivity contribution in [2.24, 2.45) is 0 Å². The van der Waals surface area contributed by atoms with E-state index in [0.717, 1.165) is 22.1 Å². The van der Waals surface area contributed by atoms with Gasteiger partial charge in [0.05, 0.1) is 22.1 Å². The van der Waals surface area contributed by atoms with Crippen molar-refractivity contribution in [2.45, 2.75) is 13.8 Å². The van der Waals surface area contributed by atoms with E-state index < -0.39 is 5.82 Å². The Morgan fingerprint density at radius 1 is 1.44 bits per heavy atom. The highest BCUT2D eigenvalue weighted by Crippen LogP contribution is 2.23. The van der Waals surface area contributed by atoms with Crippen LogP contribution in [0.4, 0.5) is 10.3 Å². The maximum atomic E-state index is 13.5. The van der Waals surface area contributed by atoms with Crippen molar-refractivity contribution in [2.75, 3.05) is 5.73 Å². The summed E-state index contributed by atoms with van der Waals surface area (Å²) >= 11 is 3.36. The second kappa shape index (κ2) is 3.82. The lowest BCUT2D eigenvalue weighted by Gasteiger charge is -2.04. The van der Waals surface area contributed by atoms with Crippen molar-refractivity contribution in [3.8, 4) is 5.82 Å². The summed E-state index contributed by atoms with van der Waals surface area (Å²) in [5, 5.41) is 4.17. The monoisotopic (exact) mass is 285 g/mol. The molecule has 2 aromatic rings. The lowest BCUT2D eigenvalue weighted by atomic mass is 10.4. The van der Waals surface area contributed by atoms with Gasteiger partial charge in [0, 0.05) is 0 Å². The van der Waals surface area contributed by atoms with Gasteiger partial charge >= 0.3 is 0 Å². The summed E-state index contributed by atoms with van der Waals surface area (Å²) in [4.78, 5) is 7.39. The third kappa shape index (κ3) is 1.67. The molecule has 7 heteroatoms. The van der Waals surface area contributed by atoms with E-state index in [4.69, 9.17) is 5.73 Å². The number of nitrogens with zero attached hydrogens (tertiary/aromatic N) is 4. The molecule has 5 nitrogen and oxygen atoms in total. The summed E-state index contributed by atoms with van der Waals surface area (Å²) in [6.07, 6.45) is 1.03. The van der Waals surface area contributed by atoms with Gasteiger partial charge in [-0.25, -0.2) is 14.1 Å². The van der Waals surface area contributed by atoms with Crippen molar-refractivity contribution in [3.63, 3.8) is 0 Å². The Balaban J connectivity index is 2.67. The molecule has 0 amide bonds. The van der Waals surface area contributed by atoms with E-state index in [1.165, 1.54) is 4.68 Å². The first-order chi connectivity index (χ1) is 7.50. The number of nitrogens with two attached hydrogens (primary N) is 1. The quantitative estimate of drug-likeness (QED) is 0.867. The maximum Gasteiger partial charge on any atom is 0.222 e. The van der Waals surface area contributed by atoms with Crippen LogP contribution in [-0.4, -0.2) is 19.7 Å². The Morgan fingerprint density at radius 2 is 2.12 bits per heavy atom. The Bertz CT molecular complexity index is 551. The predicted octanol–water partition coefficient (Wildman–Crippen LogP) is 1.76. The van der Waals surface area contributed by atoms with E-state index >= 15 is 0 Å². The summed E-state index contributed by atoms with van der Waals surface area (Å²) in [7, 11) is 0. The fourth-order valence-electron chi connectivity index (χ4n) is 1.35. The van der Waals surface area contributed by atoms with Gasteiger partial charge < -0.3 is 5.73 Å². The molecule has 0 saturated heterocycles. The Hall–Kier alpha value is -1.50. The highest BCUT2D eigenvalue weighted by molar-refractivity contribution is 9.10. The van der Waals surface area contributed by atoms with E-state index in [1.54, 1.807) is 0 Å². The molecule has 0 aliphatic heterocycles. The molecule has 0 unspecified atom stereocenters. The van der Waals surface area contributed by atoms with Gasteiger partial charge in [-0.05, 0) is 29.8 Å². The molecule has 2 heterocycles. The van der Waals surface area contributed by atoms with Gasteiger partial charge in [0.1, 0.15) is 0 Å². The van der Waals surface area contributed by atoms with Gasteiger partial charge in [0.15, 0.2) is 11.6 Å². The van der Waals surface area contributed by atoms with E-state index in [-0.39, 0.29) is 11.8 Å². The van der Waals surface area contributed by atoms with Crippen LogP contribution in [0.5, 0.6) is 0 Å². The van der Waals surface area contributed by atoms with Gasteiger partial charge in [-0.2, -0.15) is 10.1 Å². The fourth-order valence-corrected chi connectivity index (χ4v) is 1.60. The summed E-state index contributed by atoms with van der Waals surface area (Å²) < 4.78 is 15.7. The van der Waals surface area contributed by atoms with Crippen LogP contribution in [0.25, 0.3) is 5.82 Å². The number of nitrogen functional groups attached to an aromatic ring is 1. The smallest absolute Gasteiger partial charge is 0.222 e. The Kier molecular flexibility index (Phi) is 2.63. The first kappa shape index (κ1) is 11.0. The van der Waals surface area contributed by atoms with Gasteiger partial charge in [-0.1, -0.05) is 0 Å². The molecule has 0 aliphatic rings. The minimum Gasteiger partial charge on any atom is -0.368 e.